The fraction of sp³-hybridized carbons (Fsp3) is 0.412. The van der Waals surface area contributed by atoms with Crippen LogP contribution in [0.5, 0.6) is 11.6 Å². The molecule has 2 aliphatic rings. The van der Waals surface area contributed by atoms with E-state index in [2.05, 4.69) is 20.6 Å². The van der Waals surface area contributed by atoms with Crippen molar-refractivity contribution in [2.24, 2.45) is 0 Å². The van der Waals surface area contributed by atoms with E-state index < -0.39 is 12.0 Å². The van der Waals surface area contributed by atoms with E-state index in [9.17, 15) is 18.0 Å². The SMILES string of the molecule is O=C(N[C@@H]1C[C@H]2CC[C@@H]1N2)c1ccccc1Oc1cnc(C(F)(F)F)[nH]1. The van der Waals surface area contributed by atoms with Crippen molar-refractivity contribution in [3.05, 3.63) is 41.9 Å². The molecule has 0 radical (unpaired) electrons. The van der Waals surface area contributed by atoms with Gasteiger partial charge in [-0.25, -0.2) is 4.98 Å². The largest absolute Gasteiger partial charge is 0.449 e. The van der Waals surface area contributed by atoms with E-state index in [4.69, 9.17) is 4.74 Å². The van der Waals surface area contributed by atoms with Crippen molar-refractivity contribution >= 4 is 5.91 Å². The molecule has 138 valence electrons. The number of aromatic nitrogens is 2. The first kappa shape index (κ1) is 16.9. The molecule has 2 aromatic rings. The number of rotatable bonds is 4. The summed E-state index contributed by atoms with van der Waals surface area (Å²) < 4.78 is 43.3. The number of halogens is 3. The molecule has 0 aliphatic carbocycles. The Morgan fingerprint density at radius 3 is 2.73 bits per heavy atom. The van der Waals surface area contributed by atoms with Crippen molar-refractivity contribution in [2.45, 2.75) is 43.6 Å². The highest BCUT2D eigenvalue weighted by atomic mass is 19.4. The number of alkyl halides is 3. The first-order chi connectivity index (χ1) is 12.4. The van der Waals surface area contributed by atoms with Crippen molar-refractivity contribution in [1.82, 2.24) is 20.6 Å². The number of H-pyrrole nitrogens is 1. The van der Waals surface area contributed by atoms with Gasteiger partial charge in [-0.2, -0.15) is 13.2 Å². The molecule has 3 atom stereocenters. The number of benzene rings is 1. The molecule has 0 saturated carbocycles. The normalized spacial score (nSPS) is 24.7. The molecule has 0 spiro atoms. The number of para-hydroxylation sites is 1. The maximum Gasteiger partial charge on any atom is 0.449 e. The minimum Gasteiger partial charge on any atom is -0.439 e. The van der Waals surface area contributed by atoms with Crippen LogP contribution in [-0.2, 0) is 6.18 Å². The first-order valence-electron chi connectivity index (χ1n) is 8.36. The number of hydrogen-bond acceptors (Lipinski definition) is 4. The molecule has 1 aromatic carbocycles. The summed E-state index contributed by atoms with van der Waals surface area (Å²) in [7, 11) is 0. The zero-order valence-corrected chi connectivity index (χ0v) is 13.6. The minimum atomic E-state index is -4.59. The van der Waals surface area contributed by atoms with E-state index in [1.165, 1.54) is 6.07 Å². The Morgan fingerprint density at radius 1 is 1.27 bits per heavy atom. The van der Waals surface area contributed by atoms with Gasteiger partial charge in [0.25, 0.3) is 5.91 Å². The third kappa shape index (κ3) is 3.26. The highest BCUT2D eigenvalue weighted by Crippen LogP contribution is 2.31. The summed E-state index contributed by atoms with van der Waals surface area (Å²) in [6, 6.07) is 7.20. The van der Waals surface area contributed by atoms with E-state index in [0.29, 0.717) is 6.04 Å². The number of nitrogens with one attached hydrogen (secondary N) is 3. The Kier molecular flexibility index (Phi) is 4.10. The van der Waals surface area contributed by atoms with Gasteiger partial charge < -0.3 is 20.4 Å². The monoisotopic (exact) mass is 366 g/mol. The Labute approximate surface area is 147 Å². The van der Waals surface area contributed by atoms with E-state index in [0.717, 1.165) is 25.5 Å². The highest BCUT2D eigenvalue weighted by Gasteiger charge is 2.40. The summed E-state index contributed by atoms with van der Waals surface area (Å²) in [5.41, 5.74) is 0.262. The van der Waals surface area contributed by atoms with Crippen molar-refractivity contribution in [3.63, 3.8) is 0 Å². The van der Waals surface area contributed by atoms with Gasteiger partial charge in [-0.1, -0.05) is 12.1 Å². The van der Waals surface area contributed by atoms with E-state index in [1.807, 2.05) is 0 Å². The predicted octanol–water partition coefficient (Wildman–Crippen LogP) is 2.84. The van der Waals surface area contributed by atoms with Crippen LogP contribution in [0, 0.1) is 0 Å². The van der Waals surface area contributed by atoms with Gasteiger partial charge in [-0.15, -0.1) is 0 Å². The summed E-state index contributed by atoms with van der Waals surface area (Å²) >= 11 is 0. The molecular weight excluding hydrogens is 349 g/mol. The van der Waals surface area contributed by atoms with Crippen LogP contribution < -0.4 is 15.4 Å². The van der Waals surface area contributed by atoms with E-state index in [-0.39, 0.29) is 35.2 Å². The Morgan fingerprint density at radius 2 is 2.08 bits per heavy atom. The number of nitrogens with zero attached hydrogens (tertiary/aromatic N) is 1. The van der Waals surface area contributed by atoms with Gasteiger partial charge >= 0.3 is 6.18 Å². The lowest BCUT2D eigenvalue weighted by atomic mass is 9.95. The molecule has 1 amide bonds. The van der Waals surface area contributed by atoms with Crippen molar-refractivity contribution < 1.29 is 22.7 Å². The lowest BCUT2D eigenvalue weighted by molar-refractivity contribution is -0.144. The zero-order valence-electron chi connectivity index (χ0n) is 13.6. The fourth-order valence-electron chi connectivity index (χ4n) is 3.59. The molecule has 0 unspecified atom stereocenters. The predicted molar refractivity (Wildman–Crippen MR) is 85.9 cm³/mol. The average molecular weight is 366 g/mol. The molecule has 2 aliphatic heterocycles. The fourth-order valence-corrected chi connectivity index (χ4v) is 3.59. The van der Waals surface area contributed by atoms with Crippen molar-refractivity contribution in [2.75, 3.05) is 0 Å². The number of aromatic amines is 1. The number of carbonyl (C=O) groups is 1. The summed E-state index contributed by atoms with van der Waals surface area (Å²) in [5.74, 6) is -1.48. The molecule has 3 N–H and O–H groups in total. The van der Waals surface area contributed by atoms with Gasteiger partial charge in [0, 0.05) is 18.1 Å². The van der Waals surface area contributed by atoms with E-state index >= 15 is 0 Å². The smallest absolute Gasteiger partial charge is 0.439 e. The first-order valence-corrected chi connectivity index (χ1v) is 8.36. The number of imidazole rings is 1. The van der Waals surface area contributed by atoms with Gasteiger partial charge in [-0.3, -0.25) is 4.79 Å². The Bertz CT molecular complexity index is 820. The molecule has 2 saturated heterocycles. The van der Waals surface area contributed by atoms with Crippen LogP contribution in [0.4, 0.5) is 13.2 Å². The topological polar surface area (TPSA) is 79.0 Å². The molecule has 4 rings (SSSR count). The zero-order chi connectivity index (χ0) is 18.3. The second-order valence-electron chi connectivity index (χ2n) is 6.56. The minimum absolute atomic E-state index is 0.0540. The number of amides is 1. The second-order valence-corrected chi connectivity index (χ2v) is 6.56. The third-order valence-electron chi connectivity index (χ3n) is 4.79. The lowest BCUT2D eigenvalue weighted by Gasteiger charge is -2.22. The lowest BCUT2D eigenvalue weighted by Crippen LogP contribution is -2.42. The molecule has 2 bridgehead atoms. The summed E-state index contributed by atoms with van der Waals surface area (Å²) in [4.78, 5) is 17.9. The van der Waals surface area contributed by atoms with Gasteiger partial charge in [-0.05, 0) is 31.4 Å². The molecule has 2 fully saturated rings. The van der Waals surface area contributed by atoms with Gasteiger partial charge in [0.15, 0.2) is 0 Å². The molecule has 6 nitrogen and oxygen atoms in total. The maximum atomic E-state index is 12.6. The van der Waals surface area contributed by atoms with Crippen LogP contribution in [0.15, 0.2) is 30.5 Å². The van der Waals surface area contributed by atoms with Crippen LogP contribution in [-0.4, -0.2) is 34.0 Å². The average Bonchev–Trinajstić information content (AvgIpc) is 3.31. The molecule has 26 heavy (non-hydrogen) atoms. The summed E-state index contributed by atoms with van der Waals surface area (Å²) in [6.07, 6.45) is -0.611. The standard InChI is InChI=1S/C17H17F3N4O2/c18-17(19,20)16-21-8-14(24-16)26-13-4-2-1-3-10(13)15(25)23-12-7-9-5-6-11(12)22-9/h1-4,8-9,11-12,22H,5-7H2,(H,21,24)(H,23,25)/t9-,11+,12-/m1/s1. The number of ether oxygens (including phenoxy) is 1. The summed E-state index contributed by atoms with van der Waals surface area (Å²) in [5, 5.41) is 6.44. The number of hydrogen-bond donors (Lipinski definition) is 3. The maximum absolute atomic E-state index is 12.6. The van der Waals surface area contributed by atoms with Crippen LogP contribution in [0.2, 0.25) is 0 Å². The van der Waals surface area contributed by atoms with Crippen molar-refractivity contribution in [3.8, 4) is 11.6 Å². The van der Waals surface area contributed by atoms with Gasteiger partial charge in [0.1, 0.15) is 5.75 Å². The van der Waals surface area contributed by atoms with Gasteiger partial charge in [0.05, 0.1) is 11.8 Å². The molecule has 1 aromatic heterocycles. The quantitative estimate of drug-likeness (QED) is 0.778. The van der Waals surface area contributed by atoms with Crippen LogP contribution >= 0.6 is 0 Å². The Hall–Kier alpha value is -2.55. The number of fused-ring (bicyclic) bond motifs is 2. The highest BCUT2D eigenvalue weighted by molar-refractivity contribution is 5.97. The van der Waals surface area contributed by atoms with Crippen LogP contribution in [0.25, 0.3) is 0 Å². The number of carbonyl (C=O) groups excluding carboxylic acids is 1. The molecule has 3 heterocycles. The third-order valence-corrected chi connectivity index (χ3v) is 4.79. The van der Waals surface area contributed by atoms with Gasteiger partial charge in [0.2, 0.25) is 11.7 Å². The molecular formula is C17H17F3N4O2. The van der Waals surface area contributed by atoms with Crippen LogP contribution in [0.3, 0.4) is 0 Å². The Balaban J connectivity index is 1.49. The van der Waals surface area contributed by atoms with Crippen LogP contribution in [0.1, 0.15) is 35.4 Å². The van der Waals surface area contributed by atoms with Crippen molar-refractivity contribution in [1.29, 1.82) is 0 Å². The molecule has 9 heteroatoms. The summed E-state index contributed by atoms with van der Waals surface area (Å²) in [6.45, 7) is 0. The second kappa shape index (κ2) is 6.31. The van der Waals surface area contributed by atoms with E-state index in [1.54, 1.807) is 18.2 Å².